The van der Waals surface area contributed by atoms with E-state index in [4.69, 9.17) is 5.73 Å². The lowest BCUT2D eigenvalue weighted by atomic mass is 10.1. The van der Waals surface area contributed by atoms with Crippen LogP contribution in [0.25, 0.3) is 0 Å². The van der Waals surface area contributed by atoms with Crippen LogP contribution in [0.5, 0.6) is 0 Å². The largest absolute Gasteiger partial charge is 0.384 e. The average Bonchev–Trinajstić information content (AvgIpc) is 2.72. The molecule has 0 spiro atoms. The minimum atomic E-state index is -0.787. The molecule has 0 radical (unpaired) electrons. The summed E-state index contributed by atoms with van der Waals surface area (Å²) in [4.78, 5) is 3.98. The van der Waals surface area contributed by atoms with Gasteiger partial charge in [0.15, 0.2) is 0 Å². The number of anilines is 1. The van der Waals surface area contributed by atoms with Gasteiger partial charge in [0.2, 0.25) is 0 Å². The van der Waals surface area contributed by atoms with Crippen LogP contribution in [0.2, 0.25) is 0 Å². The number of aromatic nitrogens is 3. The van der Waals surface area contributed by atoms with Crippen LogP contribution in [0.4, 0.5) is 5.82 Å². The Morgan fingerprint density at radius 1 is 1.62 bits per heavy atom. The summed E-state index contributed by atoms with van der Waals surface area (Å²) >= 11 is 1.43. The van der Waals surface area contributed by atoms with Gasteiger partial charge in [0.1, 0.15) is 11.9 Å². The highest BCUT2D eigenvalue weighted by Gasteiger charge is 2.16. The van der Waals surface area contributed by atoms with Crippen molar-refractivity contribution in [3.63, 3.8) is 0 Å². The number of nitrogens with two attached hydrogens (primary N) is 1. The molecular formula is C7H8N4OS. The summed E-state index contributed by atoms with van der Waals surface area (Å²) in [6.07, 6.45) is 0.712. The number of aromatic amines is 1. The Hall–Kier alpha value is -1.40. The molecule has 1 atom stereocenters. The van der Waals surface area contributed by atoms with Gasteiger partial charge < -0.3 is 10.8 Å². The number of nitrogens with one attached hydrogen (secondary N) is 1. The van der Waals surface area contributed by atoms with Crippen molar-refractivity contribution >= 4 is 17.2 Å². The third-order valence-electron chi connectivity index (χ3n) is 1.73. The number of rotatable bonds is 2. The van der Waals surface area contributed by atoms with E-state index in [0.717, 1.165) is 0 Å². The van der Waals surface area contributed by atoms with Crippen molar-refractivity contribution in [3.05, 3.63) is 28.3 Å². The van der Waals surface area contributed by atoms with E-state index < -0.39 is 6.10 Å². The maximum Gasteiger partial charge on any atom is 0.127 e. The van der Waals surface area contributed by atoms with Crippen LogP contribution in [0, 0.1) is 0 Å². The van der Waals surface area contributed by atoms with E-state index in [9.17, 15) is 5.11 Å². The molecule has 0 bridgehead atoms. The molecule has 5 nitrogen and oxygen atoms in total. The Bertz CT molecular complexity index is 383. The minimum Gasteiger partial charge on any atom is -0.384 e. The van der Waals surface area contributed by atoms with E-state index in [0.29, 0.717) is 17.1 Å². The van der Waals surface area contributed by atoms with E-state index in [1.54, 1.807) is 10.9 Å². The lowest BCUT2D eigenvalue weighted by Gasteiger charge is -2.04. The first kappa shape index (κ1) is 8.21. The van der Waals surface area contributed by atoms with Gasteiger partial charge in [-0.05, 0) is 0 Å². The molecule has 0 amide bonds. The molecule has 0 aromatic carbocycles. The summed E-state index contributed by atoms with van der Waals surface area (Å²) in [5.74, 6) is 0.375. The summed E-state index contributed by atoms with van der Waals surface area (Å²) in [5.41, 5.74) is 8.36. The Kier molecular flexibility index (Phi) is 1.99. The normalized spacial score (nSPS) is 13.0. The van der Waals surface area contributed by atoms with Crippen molar-refractivity contribution in [1.29, 1.82) is 0 Å². The monoisotopic (exact) mass is 196 g/mol. The second kappa shape index (κ2) is 3.15. The number of nitrogen functional groups attached to an aromatic ring is 1. The smallest absolute Gasteiger partial charge is 0.127 e. The van der Waals surface area contributed by atoms with E-state index in [-0.39, 0.29) is 0 Å². The standard InChI is InChI=1S/C7H8N4OS/c8-7-4(1-10-11-7)6(12)5-2-13-3-9-5/h1-3,6,12H,(H3,8,10,11). The van der Waals surface area contributed by atoms with E-state index in [2.05, 4.69) is 15.2 Å². The highest BCUT2D eigenvalue weighted by atomic mass is 32.1. The van der Waals surface area contributed by atoms with Gasteiger partial charge in [-0.25, -0.2) is 4.98 Å². The molecule has 0 aliphatic rings. The Labute approximate surface area is 78.2 Å². The molecule has 0 saturated carbocycles. The topological polar surface area (TPSA) is 87.8 Å². The molecule has 2 aromatic rings. The van der Waals surface area contributed by atoms with Crippen LogP contribution in [-0.2, 0) is 0 Å². The third-order valence-corrected chi connectivity index (χ3v) is 2.33. The zero-order valence-electron chi connectivity index (χ0n) is 6.64. The molecular weight excluding hydrogens is 188 g/mol. The lowest BCUT2D eigenvalue weighted by molar-refractivity contribution is 0.217. The molecule has 0 aliphatic carbocycles. The van der Waals surface area contributed by atoms with Gasteiger partial charge in [0.25, 0.3) is 0 Å². The molecule has 1 unspecified atom stereocenters. The van der Waals surface area contributed by atoms with Crippen molar-refractivity contribution in [2.24, 2.45) is 0 Å². The van der Waals surface area contributed by atoms with Crippen molar-refractivity contribution < 1.29 is 5.11 Å². The lowest BCUT2D eigenvalue weighted by Crippen LogP contribution is -2.01. The predicted octanol–water partition coefficient (Wildman–Crippen LogP) is 0.530. The Morgan fingerprint density at radius 2 is 2.46 bits per heavy atom. The number of hydrogen-bond acceptors (Lipinski definition) is 5. The first-order valence-corrected chi connectivity index (χ1v) is 4.58. The first-order valence-electron chi connectivity index (χ1n) is 3.64. The zero-order chi connectivity index (χ0) is 9.26. The highest BCUT2D eigenvalue weighted by molar-refractivity contribution is 7.07. The summed E-state index contributed by atoms with van der Waals surface area (Å²) in [6, 6.07) is 0. The van der Waals surface area contributed by atoms with Crippen molar-refractivity contribution in [2.75, 3.05) is 5.73 Å². The van der Waals surface area contributed by atoms with Crippen LogP contribution < -0.4 is 5.73 Å². The van der Waals surface area contributed by atoms with E-state index >= 15 is 0 Å². The van der Waals surface area contributed by atoms with Gasteiger partial charge in [0, 0.05) is 10.9 Å². The molecule has 4 N–H and O–H groups in total. The Morgan fingerprint density at radius 3 is 3.00 bits per heavy atom. The summed E-state index contributed by atoms with van der Waals surface area (Å²) in [5, 5.41) is 17.8. The number of thiazole rings is 1. The molecule has 2 aromatic heterocycles. The Balaban J connectivity index is 2.33. The summed E-state index contributed by atoms with van der Waals surface area (Å²) in [6.45, 7) is 0. The molecule has 13 heavy (non-hydrogen) atoms. The van der Waals surface area contributed by atoms with Crippen LogP contribution in [-0.4, -0.2) is 20.3 Å². The van der Waals surface area contributed by atoms with Gasteiger partial charge in [0.05, 0.1) is 17.4 Å². The van der Waals surface area contributed by atoms with Crippen LogP contribution >= 0.6 is 11.3 Å². The molecule has 0 saturated heterocycles. The molecule has 6 heteroatoms. The fraction of sp³-hybridized carbons (Fsp3) is 0.143. The van der Waals surface area contributed by atoms with Crippen LogP contribution in [0.15, 0.2) is 17.1 Å². The number of nitrogens with zero attached hydrogens (tertiary/aromatic N) is 2. The van der Waals surface area contributed by atoms with Gasteiger partial charge in [-0.1, -0.05) is 0 Å². The fourth-order valence-corrected chi connectivity index (χ4v) is 1.61. The zero-order valence-corrected chi connectivity index (χ0v) is 7.45. The second-order valence-corrected chi connectivity index (χ2v) is 3.27. The SMILES string of the molecule is Nc1[nH]ncc1C(O)c1cscn1. The fourth-order valence-electron chi connectivity index (χ4n) is 1.04. The summed E-state index contributed by atoms with van der Waals surface area (Å²) in [7, 11) is 0. The molecule has 2 rings (SSSR count). The molecule has 2 heterocycles. The maximum absolute atomic E-state index is 9.75. The average molecular weight is 196 g/mol. The van der Waals surface area contributed by atoms with Gasteiger partial charge in [-0.3, -0.25) is 5.10 Å². The number of H-pyrrole nitrogens is 1. The molecule has 68 valence electrons. The van der Waals surface area contributed by atoms with E-state index in [1.165, 1.54) is 17.5 Å². The number of aliphatic hydroxyl groups is 1. The van der Waals surface area contributed by atoms with Crippen LogP contribution in [0.3, 0.4) is 0 Å². The predicted molar refractivity (Wildman–Crippen MR) is 49.2 cm³/mol. The van der Waals surface area contributed by atoms with E-state index in [1.807, 2.05) is 0 Å². The van der Waals surface area contributed by atoms with Crippen molar-refractivity contribution in [1.82, 2.24) is 15.2 Å². The minimum absolute atomic E-state index is 0.375. The number of hydrogen-bond donors (Lipinski definition) is 3. The third kappa shape index (κ3) is 1.41. The molecule has 0 fully saturated rings. The van der Waals surface area contributed by atoms with Crippen molar-refractivity contribution in [2.45, 2.75) is 6.10 Å². The van der Waals surface area contributed by atoms with Gasteiger partial charge >= 0.3 is 0 Å². The molecule has 0 aliphatic heterocycles. The van der Waals surface area contributed by atoms with Crippen LogP contribution in [0.1, 0.15) is 17.4 Å². The quantitative estimate of drug-likeness (QED) is 0.653. The highest BCUT2D eigenvalue weighted by Crippen LogP contribution is 2.24. The summed E-state index contributed by atoms with van der Waals surface area (Å²) < 4.78 is 0. The first-order chi connectivity index (χ1) is 6.29. The number of aliphatic hydroxyl groups excluding tert-OH is 1. The maximum atomic E-state index is 9.75. The second-order valence-electron chi connectivity index (χ2n) is 2.55. The van der Waals surface area contributed by atoms with Gasteiger partial charge in [-0.15, -0.1) is 11.3 Å². The van der Waals surface area contributed by atoms with Gasteiger partial charge in [-0.2, -0.15) is 5.10 Å². The van der Waals surface area contributed by atoms with Crippen molar-refractivity contribution in [3.8, 4) is 0 Å².